The van der Waals surface area contributed by atoms with Gasteiger partial charge >= 0.3 is 5.97 Å². The van der Waals surface area contributed by atoms with Crippen molar-refractivity contribution in [3.05, 3.63) is 34.2 Å². The van der Waals surface area contributed by atoms with Crippen LogP contribution in [0, 0.1) is 0 Å². The Morgan fingerprint density at radius 3 is 3.11 bits per heavy atom. The normalized spacial score (nSPS) is 13.2. The molecule has 0 aromatic carbocycles. The quantitative estimate of drug-likeness (QED) is 0.822. The number of hydrogen-bond acceptors (Lipinski definition) is 4. The topological polar surface area (TPSA) is 79.3 Å². The van der Waals surface area contributed by atoms with E-state index >= 15 is 0 Å². The van der Waals surface area contributed by atoms with Crippen molar-refractivity contribution >= 4 is 28.9 Å². The first-order valence-corrected chi connectivity index (χ1v) is 6.08. The molecule has 1 amide bonds. The van der Waals surface area contributed by atoms with Crippen LogP contribution in [0.1, 0.15) is 14.5 Å². The van der Waals surface area contributed by atoms with Crippen LogP contribution in [0.25, 0.3) is 11.3 Å². The predicted octanol–water partition coefficient (Wildman–Crippen LogP) is 2.00. The van der Waals surface area contributed by atoms with Gasteiger partial charge in [-0.2, -0.15) is 0 Å². The lowest BCUT2D eigenvalue weighted by Gasteiger charge is -2.04. The number of carbonyl (C=O) groups is 2. The van der Waals surface area contributed by atoms with Gasteiger partial charge in [0.1, 0.15) is 4.88 Å². The van der Waals surface area contributed by atoms with Gasteiger partial charge in [-0.1, -0.05) is 0 Å². The first kappa shape index (κ1) is 10.9. The highest BCUT2D eigenvalue weighted by Gasteiger charge is 2.23. The number of fused-ring (bicyclic) bond motifs is 3. The van der Waals surface area contributed by atoms with Gasteiger partial charge in [-0.3, -0.25) is 9.78 Å². The molecule has 3 heterocycles. The third-order valence-electron chi connectivity index (χ3n) is 2.68. The molecule has 5 nitrogen and oxygen atoms in total. The third kappa shape index (κ3) is 1.67. The highest BCUT2D eigenvalue weighted by Crippen LogP contribution is 2.37. The van der Waals surface area contributed by atoms with Crippen LogP contribution in [0.2, 0.25) is 0 Å². The molecule has 1 aliphatic rings. The second-order valence-corrected chi connectivity index (χ2v) is 5.01. The maximum Gasteiger partial charge on any atom is 0.345 e. The summed E-state index contributed by atoms with van der Waals surface area (Å²) in [7, 11) is 0. The van der Waals surface area contributed by atoms with Crippen molar-refractivity contribution in [3.63, 3.8) is 0 Å². The number of nitrogens with zero attached hydrogens (tertiary/aromatic N) is 1. The Hall–Kier alpha value is -2.21. The van der Waals surface area contributed by atoms with Crippen LogP contribution >= 0.6 is 11.3 Å². The highest BCUT2D eigenvalue weighted by molar-refractivity contribution is 7.14. The van der Waals surface area contributed by atoms with Crippen LogP contribution in [-0.4, -0.2) is 22.0 Å². The molecule has 90 valence electrons. The van der Waals surface area contributed by atoms with Crippen LogP contribution in [0.3, 0.4) is 0 Å². The lowest BCUT2D eigenvalue weighted by Crippen LogP contribution is -2.12. The molecule has 0 bridgehead atoms. The molecule has 0 unspecified atom stereocenters. The van der Waals surface area contributed by atoms with E-state index in [9.17, 15) is 9.59 Å². The highest BCUT2D eigenvalue weighted by atomic mass is 32.1. The number of amides is 1. The molecule has 2 aromatic rings. The fraction of sp³-hybridized carbons (Fsp3) is 0.0833. The van der Waals surface area contributed by atoms with Crippen LogP contribution in [0.15, 0.2) is 24.4 Å². The summed E-state index contributed by atoms with van der Waals surface area (Å²) in [5.41, 5.74) is 1.98. The molecule has 0 spiro atoms. The maximum atomic E-state index is 11.7. The minimum absolute atomic E-state index is 0.151. The fourth-order valence-corrected chi connectivity index (χ4v) is 2.93. The summed E-state index contributed by atoms with van der Waals surface area (Å²) in [5, 5.41) is 11.8. The molecular formula is C12H8N2O3S. The molecular weight excluding hydrogens is 252 g/mol. The van der Waals surface area contributed by atoms with E-state index in [0.717, 1.165) is 21.8 Å². The van der Waals surface area contributed by atoms with Crippen LogP contribution in [0.4, 0.5) is 5.69 Å². The Balaban J connectivity index is 2.25. The summed E-state index contributed by atoms with van der Waals surface area (Å²) in [4.78, 5) is 27.9. The van der Waals surface area contributed by atoms with Gasteiger partial charge in [0.2, 0.25) is 5.91 Å². The Kier molecular flexibility index (Phi) is 2.38. The Morgan fingerprint density at radius 1 is 1.50 bits per heavy atom. The zero-order valence-electron chi connectivity index (χ0n) is 9.14. The summed E-state index contributed by atoms with van der Waals surface area (Å²) in [6.45, 7) is 0. The average Bonchev–Trinajstić information content (AvgIpc) is 2.68. The summed E-state index contributed by atoms with van der Waals surface area (Å²) >= 11 is 1.12. The molecule has 3 rings (SSSR count). The molecule has 0 atom stereocenters. The van der Waals surface area contributed by atoms with Gasteiger partial charge in [0.05, 0.1) is 17.8 Å². The number of hydrogen-bond donors (Lipinski definition) is 2. The maximum absolute atomic E-state index is 11.7. The van der Waals surface area contributed by atoms with Crippen LogP contribution < -0.4 is 5.32 Å². The standard InChI is InChI=1S/C12H8N2O3S/c15-10-5-8-6(4-9(18-8)12(16)17)11-7(14-10)2-1-3-13-11/h1-4H,5H2,(H,14,15)(H,16,17). The number of pyridine rings is 1. The zero-order valence-corrected chi connectivity index (χ0v) is 9.95. The third-order valence-corrected chi connectivity index (χ3v) is 3.80. The molecule has 2 N–H and O–H groups in total. The Morgan fingerprint density at radius 2 is 2.33 bits per heavy atom. The number of aromatic carboxylic acids is 1. The van der Waals surface area contributed by atoms with Crippen LogP contribution in [-0.2, 0) is 11.2 Å². The van der Waals surface area contributed by atoms with E-state index < -0.39 is 5.97 Å². The van der Waals surface area contributed by atoms with E-state index in [1.54, 1.807) is 24.4 Å². The van der Waals surface area contributed by atoms with Crippen molar-refractivity contribution in [1.82, 2.24) is 4.98 Å². The average molecular weight is 260 g/mol. The molecule has 0 aliphatic carbocycles. The summed E-state index contributed by atoms with van der Waals surface area (Å²) in [6.07, 6.45) is 1.81. The summed E-state index contributed by atoms with van der Waals surface area (Å²) in [6, 6.07) is 5.07. The first-order valence-electron chi connectivity index (χ1n) is 5.26. The van der Waals surface area contributed by atoms with E-state index in [4.69, 9.17) is 5.11 Å². The molecule has 0 radical (unpaired) electrons. The van der Waals surface area contributed by atoms with E-state index in [2.05, 4.69) is 10.3 Å². The number of carboxylic acids is 1. The fourth-order valence-electron chi connectivity index (χ4n) is 1.93. The van der Waals surface area contributed by atoms with E-state index in [1.807, 2.05) is 0 Å². The Labute approximate surface area is 106 Å². The molecule has 2 aromatic heterocycles. The molecule has 6 heteroatoms. The number of carbonyl (C=O) groups excluding carboxylic acids is 1. The SMILES string of the molecule is O=C1Cc2sc(C(=O)O)cc2-c2ncccc2N1. The first-order chi connectivity index (χ1) is 8.65. The molecule has 0 fully saturated rings. The molecule has 18 heavy (non-hydrogen) atoms. The van der Waals surface area contributed by atoms with Crippen molar-refractivity contribution in [1.29, 1.82) is 0 Å². The van der Waals surface area contributed by atoms with Gasteiger partial charge in [-0.05, 0) is 18.2 Å². The van der Waals surface area contributed by atoms with Crippen molar-refractivity contribution in [2.75, 3.05) is 5.32 Å². The molecule has 0 saturated heterocycles. The van der Waals surface area contributed by atoms with E-state index in [-0.39, 0.29) is 17.2 Å². The van der Waals surface area contributed by atoms with E-state index in [1.165, 1.54) is 0 Å². The number of nitrogens with one attached hydrogen (secondary N) is 1. The van der Waals surface area contributed by atoms with E-state index in [0.29, 0.717) is 11.4 Å². The van der Waals surface area contributed by atoms with Gasteiger partial charge in [0.15, 0.2) is 0 Å². The lowest BCUT2D eigenvalue weighted by molar-refractivity contribution is -0.115. The molecule has 0 saturated carbocycles. The number of anilines is 1. The lowest BCUT2D eigenvalue weighted by atomic mass is 10.1. The van der Waals surface area contributed by atoms with Gasteiger partial charge in [-0.15, -0.1) is 11.3 Å². The minimum atomic E-state index is -0.981. The van der Waals surface area contributed by atoms with Crippen molar-refractivity contribution in [2.24, 2.45) is 0 Å². The van der Waals surface area contributed by atoms with Crippen molar-refractivity contribution in [3.8, 4) is 11.3 Å². The van der Waals surface area contributed by atoms with Crippen molar-refractivity contribution < 1.29 is 14.7 Å². The zero-order chi connectivity index (χ0) is 12.7. The monoisotopic (exact) mass is 260 g/mol. The number of rotatable bonds is 1. The van der Waals surface area contributed by atoms with Gasteiger partial charge in [-0.25, -0.2) is 4.79 Å². The van der Waals surface area contributed by atoms with Gasteiger partial charge < -0.3 is 10.4 Å². The van der Waals surface area contributed by atoms with Crippen LogP contribution in [0.5, 0.6) is 0 Å². The minimum Gasteiger partial charge on any atom is -0.477 e. The van der Waals surface area contributed by atoms with Crippen molar-refractivity contribution in [2.45, 2.75) is 6.42 Å². The number of carboxylic acid groups (broad SMARTS) is 1. The largest absolute Gasteiger partial charge is 0.477 e. The van der Waals surface area contributed by atoms with Gasteiger partial charge in [0, 0.05) is 16.6 Å². The second-order valence-electron chi connectivity index (χ2n) is 3.88. The predicted molar refractivity (Wildman–Crippen MR) is 66.8 cm³/mol. The van der Waals surface area contributed by atoms with Gasteiger partial charge in [0.25, 0.3) is 0 Å². The number of thiophene rings is 1. The molecule has 1 aliphatic heterocycles. The summed E-state index contributed by atoms with van der Waals surface area (Å²) < 4.78 is 0. The second kappa shape index (κ2) is 3.92. The number of aromatic nitrogens is 1. The smallest absolute Gasteiger partial charge is 0.345 e. The summed E-state index contributed by atoms with van der Waals surface area (Å²) in [5.74, 6) is -1.13. The Bertz CT molecular complexity index is 663.